The van der Waals surface area contributed by atoms with Gasteiger partial charge in [-0.1, -0.05) is 32.0 Å². The van der Waals surface area contributed by atoms with Crippen molar-refractivity contribution in [1.82, 2.24) is 19.1 Å². The number of aryl methyl sites for hydroxylation is 2. The van der Waals surface area contributed by atoms with E-state index in [1.807, 2.05) is 25.1 Å². The monoisotopic (exact) mass is 360 g/mol. The lowest BCUT2D eigenvalue weighted by Gasteiger charge is -2.28. The van der Waals surface area contributed by atoms with Gasteiger partial charge in [0.2, 0.25) is 10.0 Å². The summed E-state index contributed by atoms with van der Waals surface area (Å²) in [6.45, 7) is 4.72. The average Bonchev–Trinajstić information content (AvgIpc) is 3.14. The normalized spacial score (nSPS) is 23.4. The Bertz CT molecular complexity index is 890. The molecule has 0 N–H and O–H groups in total. The van der Waals surface area contributed by atoms with Crippen LogP contribution in [0.5, 0.6) is 0 Å². The molecule has 0 aliphatic carbocycles. The molecule has 0 saturated carbocycles. The SMILES string of the molecule is CCc1ccccc1S(=O)(=O)N1C2CCC1Cn1c(CC)nnc1C2. The topological polar surface area (TPSA) is 68.1 Å². The lowest BCUT2D eigenvalue weighted by atomic mass is 10.1. The number of nitrogens with zero attached hydrogens (tertiary/aromatic N) is 4. The van der Waals surface area contributed by atoms with Crippen molar-refractivity contribution in [2.75, 3.05) is 0 Å². The predicted octanol–water partition coefficient (Wildman–Crippen LogP) is 2.18. The van der Waals surface area contributed by atoms with Gasteiger partial charge in [0.05, 0.1) is 4.90 Å². The van der Waals surface area contributed by atoms with Crippen molar-refractivity contribution in [1.29, 1.82) is 0 Å². The second kappa shape index (κ2) is 6.21. The molecular formula is C18H24N4O2S. The highest BCUT2D eigenvalue weighted by Gasteiger charge is 2.45. The highest BCUT2D eigenvalue weighted by atomic mass is 32.2. The van der Waals surface area contributed by atoms with Crippen LogP contribution in [0.25, 0.3) is 0 Å². The molecule has 2 aliphatic heterocycles. The number of rotatable bonds is 4. The summed E-state index contributed by atoms with van der Waals surface area (Å²) in [7, 11) is -3.51. The fraction of sp³-hybridized carbons (Fsp3) is 0.556. The summed E-state index contributed by atoms with van der Waals surface area (Å²) in [5.74, 6) is 1.88. The molecule has 1 aromatic carbocycles. The Balaban J connectivity index is 1.76. The summed E-state index contributed by atoms with van der Waals surface area (Å²) in [4.78, 5) is 0.461. The predicted molar refractivity (Wildman–Crippen MR) is 94.8 cm³/mol. The molecule has 0 radical (unpaired) electrons. The van der Waals surface area contributed by atoms with Gasteiger partial charge in [-0.15, -0.1) is 10.2 Å². The Hall–Kier alpha value is -1.73. The maximum Gasteiger partial charge on any atom is 0.243 e. The van der Waals surface area contributed by atoms with Crippen molar-refractivity contribution in [3.63, 3.8) is 0 Å². The van der Waals surface area contributed by atoms with Crippen molar-refractivity contribution in [3.8, 4) is 0 Å². The molecule has 2 bridgehead atoms. The Morgan fingerprint density at radius 1 is 1.08 bits per heavy atom. The molecule has 2 unspecified atom stereocenters. The second-order valence-corrected chi connectivity index (χ2v) is 8.69. The fourth-order valence-corrected chi connectivity index (χ4v) is 6.43. The van der Waals surface area contributed by atoms with Gasteiger partial charge in [-0.05, 0) is 30.9 Å². The Labute approximate surface area is 148 Å². The Morgan fingerprint density at radius 3 is 2.60 bits per heavy atom. The number of hydrogen-bond donors (Lipinski definition) is 0. The lowest BCUT2D eigenvalue weighted by Crippen LogP contribution is -2.42. The highest BCUT2D eigenvalue weighted by Crippen LogP contribution is 2.37. The van der Waals surface area contributed by atoms with Crippen molar-refractivity contribution < 1.29 is 8.42 Å². The average molecular weight is 360 g/mol. The number of benzene rings is 1. The van der Waals surface area contributed by atoms with Crippen LogP contribution >= 0.6 is 0 Å². The third-order valence-corrected chi connectivity index (χ3v) is 7.60. The zero-order valence-electron chi connectivity index (χ0n) is 14.7. The van der Waals surface area contributed by atoms with Gasteiger partial charge in [-0.2, -0.15) is 4.31 Å². The van der Waals surface area contributed by atoms with Gasteiger partial charge < -0.3 is 4.57 Å². The Kier molecular flexibility index (Phi) is 4.16. The maximum absolute atomic E-state index is 13.5. The van der Waals surface area contributed by atoms with E-state index in [2.05, 4.69) is 21.7 Å². The molecule has 2 aromatic rings. The molecule has 2 aliphatic rings. The first-order chi connectivity index (χ1) is 12.1. The van der Waals surface area contributed by atoms with Gasteiger partial charge in [0.25, 0.3) is 0 Å². The molecule has 0 amide bonds. The van der Waals surface area contributed by atoms with Crippen LogP contribution < -0.4 is 0 Å². The van der Waals surface area contributed by atoms with Gasteiger partial charge in [0, 0.05) is 31.5 Å². The van der Waals surface area contributed by atoms with Crippen molar-refractivity contribution >= 4 is 10.0 Å². The summed E-state index contributed by atoms with van der Waals surface area (Å²) in [6.07, 6.45) is 3.97. The van der Waals surface area contributed by atoms with E-state index in [0.29, 0.717) is 24.3 Å². The molecular weight excluding hydrogens is 336 g/mol. The van der Waals surface area contributed by atoms with E-state index < -0.39 is 10.0 Å². The molecule has 134 valence electrons. The third-order valence-electron chi connectivity index (χ3n) is 5.49. The molecule has 2 atom stereocenters. The molecule has 1 saturated heterocycles. The van der Waals surface area contributed by atoms with Gasteiger partial charge in [0.1, 0.15) is 11.6 Å². The van der Waals surface area contributed by atoms with Crippen LogP contribution in [0.1, 0.15) is 43.9 Å². The standard InChI is InChI=1S/C18H24N4O2S/c1-3-13-7-5-6-8-16(13)25(23,24)22-14-9-10-15(22)12-21-17(4-2)19-20-18(21)11-14/h5-8,14-15H,3-4,9-12H2,1-2H3. The maximum atomic E-state index is 13.5. The van der Waals surface area contributed by atoms with Crippen LogP contribution in [0.4, 0.5) is 0 Å². The molecule has 3 heterocycles. The number of fused-ring (bicyclic) bond motifs is 3. The molecule has 1 fully saturated rings. The number of hydrogen-bond acceptors (Lipinski definition) is 4. The zero-order valence-corrected chi connectivity index (χ0v) is 15.5. The minimum absolute atomic E-state index is 0.0116. The van der Waals surface area contributed by atoms with Gasteiger partial charge in [-0.25, -0.2) is 8.42 Å². The summed E-state index contributed by atoms with van der Waals surface area (Å²) < 4.78 is 30.9. The van der Waals surface area contributed by atoms with Crippen LogP contribution in [-0.4, -0.2) is 39.6 Å². The van der Waals surface area contributed by atoms with Gasteiger partial charge >= 0.3 is 0 Å². The van der Waals surface area contributed by atoms with Gasteiger partial charge in [0.15, 0.2) is 0 Å². The smallest absolute Gasteiger partial charge is 0.243 e. The largest absolute Gasteiger partial charge is 0.313 e. The van der Waals surface area contributed by atoms with Gasteiger partial charge in [-0.3, -0.25) is 0 Å². The molecule has 4 rings (SSSR count). The fourth-order valence-electron chi connectivity index (χ4n) is 4.27. The van der Waals surface area contributed by atoms with Crippen molar-refractivity contribution in [2.24, 2.45) is 0 Å². The summed E-state index contributed by atoms with van der Waals surface area (Å²) >= 11 is 0. The van der Waals surface area contributed by atoms with E-state index in [4.69, 9.17) is 0 Å². The van der Waals surface area contributed by atoms with Crippen LogP contribution in [0.15, 0.2) is 29.2 Å². The first kappa shape index (κ1) is 16.7. The van der Waals surface area contributed by atoms with Crippen molar-refractivity contribution in [2.45, 2.75) is 69.5 Å². The molecule has 1 aromatic heterocycles. The zero-order chi connectivity index (χ0) is 17.6. The molecule has 6 nitrogen and oxygen atoms in total. The first-order valence-electron chi connectivity index (χ1n) is 9.08. The minimum atomic E-state index is -3.51. The van der Waals surface area contributed by atoms with Crippen LogP contribution in [-0.2, 0) is 35.8 Å². The van der Waals surface area contributed by atoms with Crippen LogP contribution in [0, 0.1) is 0 Å². The summed E-state index contributed by atoms with van der Waals surface area (Å²) in [5, 5.41) is 8.59. The minimum Gasteiger partial charge on any atom is -0.313 e. The lowest BCUT2D eigenvalue weighted by molar-refractivity contribution is 0.313. The number of sulfonamides is 1. The summed E-state index contributed by atoms with van der Waals surface area (Å²) in [5.41, 5.74) is 0.889. The first-order valence-corrected chi connectivity index (χ1v) is 10.5. The van der Waals surface area contributed by atoms with E-state index in [1.165, 1.54) is 0 Å². The third kappa shape index (κ3) is 2.60. The van der Waals surface area contributed by atoms with E-state index in [1.54, 1.807) is 10.4 Å². The Morgan fingerprint density at radius 2 is 1.84 bits per heavy atom. The van der Waals surface area contributed by atoms with Crippen LogP contribution in [0.3, 0.4) is 0 Å². The van der Waals surface area contributed by atoms with E-state index in [-0.39, 0.29) is 12.1 Å². The number of aromatic nitrogens is 3. The second-order valence-electron chi connectivity index (χ2n) is 6.88. The van der Waals surface area contributed by atoms with Crippen LogP contribution in [0.2, 0.25) is 0 Å². The molecule has 25 heavy (non-hydrogen) atoms. The van der Waals surface area contributed by atoms with E-state index in [9.17, 15) is 8.42 Å². The van der Waals surface area contributed by atoms with E-state index >= 15 is 0 Å². The van der Waals surface area contributed by atoms with E-state index in [0.717, 1.165) is 36.5 Å². The quantitative estimate of drug-likeness (QED) is 0.838. The van der Waals surface area contributed by atoms with Crippen molar-refractivity contribution in [3.05, 3.63) is 41.5 Å². The molecule has 0 spiro atoms. The molecule has 7 heteroatoms. The highest BCUT2D eigenvalue weighted by molar-refractivity contribution is 7.89. The summed E-state index contributed by atoms with van der Waals surface area (Å²) in [6, 6.07) is 7.35.